The largest absolute Gasteiger partial charge is 0.477 e. The van der Waals surface area contributed by atoms with Gasteiger partial charge in [0.15, 0.2) is 12.4 Å². The van der Waals surface area contributed by atoms with Crippen molar-refractivity contribution in [2.75, 3.05) is 6.61 Å². The highest BCUT2D eigenvalue weighted by Crippen LogP contribution is 2.29. The number of hydrogen-bond acceptors (Lipinski definition) is 5. The van der Waals surface area contributed by atoms with Gasteiger partial charge in [-0.2, -0.15) is 0 Å². The van der Waals surface area contributed by atoms with Crippen molar-refractivity contribution in [3.8, 4) is 5.75 Å². The van der Waals surface area contributed by atoms with Crippen molar-refractivity contribution in [1.82, 2.24) is 5.43 Å². The molecule has 0 radical (unpaired) electrons. The molecule has 0 bridgehead atoms. The van der Waals surface area contributed by atoms with Crippen LogP contribution in [0, 0.1) is 10.1 Å². The van der Waals surface area contributed by atoms with E-state index in [1.54, 1.807) is 0 Å². The molecule has 1 amide bonds. The quantitative estimate of drug-likeness (QED) is 0.350. The minimum atomic E-state index is -0.633. The van der Waals surface area contributed by atoms with Crippen molar-refractivity contribution < 1.29 is 14.5 Å². The van der Waals surface area contributed by atoms with Gasteiger partial charge in [-0.3, -0.25) is 20.3 Å². The molecule has 8 heteroatoms. The smallest absolute Gasteiger partial charge is 0.311 e. The van der Waals surface area contributed by atoms with Crippen molar-refractivity contribution in [3.63, 3.8) is 0 Å². The van der Waals surface area contributed by atoms with Gasteiger partial charge in [-0.15, -0.1) is 0 Å². The average Bonchev–Trinajstić information content (AvgIpc) is 2.25. The van der Waals surface area contributed by atoms with Gasteiger partial charge >= 0.3 is 5.69 Å². The van der Waals surface area contributed by atoms with Crippen LogP contribution in [0.1, 0.15) is 0 Å². The van der Waals surface area contributed by atoms with Crippen LogP contribution in [0.15, 0.2) is 18.2 Å². The van der Waals surface area contributed by atoms with Crippen LogP contribution in [-0.2, 0) is 4.79 Å². The van der Waals surface area contributed by atoms with E-state index < -0.39 is 17.4 Å². The van der Waals surface area contributed by atoms with Crippen LogP contribution in [0.4, 0.5) is 5.69 Å². The third kappa shape index (κ3) is 3.07. The Hall–Kier alpha value is -1.86. The second-order valence-electron chi connectivity index (χ2n) is 2.73. The second-order valence-corrected chi connectivity index (χ2v) is 3.16. The molecule has 0 atom stereocenters. The maximum atomic E-state index is 10.8. The predicted molar refractivity (Wildman–Crippen MR) is 55.9 cm³/mol. The lowest BCUT2D eigenvalue weighted by Gasteiger charge is -2.05. The minimum absolute atomic E-state index is 0.0823. The molecule has 0 aromatic heterocycles. The molecule has 0 aliphatic carbocycles. The summed E-state index contributed by atoms with van der Waals surface area (Å²) in [5.74, 6) is 4.14. The predicted octanol–water partition coefficient (Wildman–Crippen LogP) is 0.617. The Morgan fingerprint density at radius 1 is 1.62 bits per heavy atom. The Balaban J connectivity index is 2.88. The number of nitro groups is 1. The Kier molecular flexibility index (Phi) is 4.03. The molecular weight excluding hydrogens is 238 g/mol. The fraction of sp³-hybridized carbons (Fsp3) is 0.125. The number of rotatable bonds is 4. The molecule has 3 N–H and O–H groups in total. The molecule has 0 spiro atoms. The molecule has 1 rings (SSSR count). The summed E-state index contributed by atoms with van der Waals surface area (Å²) < 4.78 is 4.91. The average molecular weight is 246 g/mol. The minimum Gasteiger partial charge on any atom is -0.477 e. The number of amides is 1. The number of halogens is 1. The molecule has 1 aromatic rings. The summed E-state index contributed by atoms with van der Waals surface area (Å²) in [6.45, 7) is -0.419. The molecular formula is C8H8ClN3O4. The van der Waals surface area contributed by atoms with Crippen LogP contribution in [0.2, 0.25) is 5.02 Å². The first kappa shape index (κ1) is 12.2. The number of nitrogens with zero attached hydrogens (tertiary/aromatic N) is 1. The molecule has 7 nitrogen and oxygen atoms in total. The molecule has 0 saturated heterocycles. The number of hydrazine groups is 1. The van der Waals surface area contributed by atoms with Crippen LogP contribution in [0.5, 0.6) is 5.75 Å². The fourth-order valence-corrected chi connectivity index (χ4v) is 1.10. The van der Waals surface area contributed by atoms with E-state index in [2.05, 4.69) is 0 Å². The maximum absolute atomic E-state index is 10.8. The van der Waals surface area contributed by atoms with Gasteiger partial charge in [-0.05, 0) is 6.07 Å². The number of nitro benzene ring substituents is 1. The summed E-state index contributed by atoms with van der Waals surface area (Å²) >= 11 is 5.64. The number of carbonyl (C=O) groups excluding carboxylic acids is 1. The van der Waals surface area contributed by atoms with Gasteiger partial charge < -0.3 is 4.74 Å². The van der Waals surface area contributed by atoms with Gasteiger partial charge in [-0.25, -0.2) is 5.84 Å². The zero-order valence-corrected chi connectivity index (χ0v) is 8.73. The van der Waals surface area contributed by atoms with E-state index in [0.29, 0.717) is 0 Å². The molecule has 86 valence electrons. The Labute approximate surface area is 95.3 Å². The molecule has 0 unspecified atom stereocenters. The number of hydrogen-bond donors (Lipinski definition) is 2. The third-order valence-corrected chi connectivity index (χ3v) is 1.87. The van der Waals surface area contributed by atoms with Crippen molar-refractivity contribution in [3.05, 3.63) is 33.3 Å². The van der Waals surface area contributed by atoms with Crippen LogP contribution in [0.25, 0.3) is 0 Å². The molecule has 16 heavy (non-hydrogen) atoms. The first-order valence-corrected chi connectivity index (χ1v) is 4.48. The van der Waals surface area contributed by atoms with Gasteiger partial charge in [0.1, 0.15) is 0 Å². The zero-order chi connectivity index (χ0) is 12.1. The lowest BCUT2D eigenvalue weighted by molar-refractivity contribution is -0.385. The Morgan fingerprint density at radius 2 is 2.31 bits per heavy atom. The first-order valence-electron chi connectivity index (χ1n) is 4.10. The molecule has 0 aliphatic heterocycles. The van der Waals surface area contributed by atoms with Gasteiger partial charge in [-0.1, -0.05) is 11.6 Å². The SMILES string of the molecule is NNC(=O)COc1cc(Cl)ccc1[N+](=O)[O-]. The third-order valence-electron chi connectivity index (χ3n) is 1.64. The van der Waals surface area contributed by atoms with Gasteiger partial charge in [0.05, 0.1) is 4.92 Å². The number of benzene rings is 1. The lowest BCUT2D eigenvalue weighted by atomic mass is 10.3. The maximum Gasteiger partial charge on any atom is 0.311 e. The molecule has 0 aliphatic rings. The fourth-order valence-electron chi connectivity index (χ4n) is 0.939. The van der Waals surface area contributed by atoms with E-state index in [4.69, 9.17) is 22.2 Å². The molecule has 0 saturated carbocycles. The highest BCUT2D eigenvalue weighted by Gasteiger charge is 2.16. The van der Waals surface area contributed by atoms with Crippen LogP contribution >= 0.6 is 11.6 Å². The number of nitrogens with one attached hydrogen (secondary N) is 1. The first-order chi connectivity index (χ1) is 7.54. The summed E-state index contributed by atoms with van der Waals surface area (Å²) in [6, 6.07) is 3.80. The van der Waals surface area contributed by atoms with E-state index >= 15 is 0 Å². The summed E-state index contributed by atoms with van der Waals surface area (Å²) in [4.78, 5) is 20.8. The van der Waals surface area contributed by atoms with Gasteiger partial charge in [0.2, 0.25) is 0 Å². The molecule has 1 aromatic carbocycles. The van der Waals surface area contributed by atoms with Crippen LogP contribution < -0.4 is 16.0 Å². The van der Waals surface area contributed by atoms with Gasteiger partial charge in [0, 0.05) is 17.2 Å². The van der Waals surface area contributed by atoms with Gasteiger partial charge in [0.25, 0.3) is 5.91 Å². The van der Waals surface area contributed by atoms with Crippen molar-refractivity contribution in [2.24, 2.45) is 5.84 Å². The highest BCUT2D eigenvalue weighted by molar-refractivity contribution is 6.30. The van der Waals surface area contributed by atoms with Crippen LogP contribution in [0.3, 0.4) is 0 Å². The number of nitrogens with two attached hydrogens (primary N) is 1. The normalized spacial score (nSPS) is 9.62. The summed E-state index contributed by atoms with van der Waals surface area (Å²) in [7, 11) is 0. The lowest BCUT2D eigenvalue weighted by Crippen LogP contribution is -2.34. The monoisotopic (exact) mass is 245 g/mol. The summed E-state index contributed by atoms with van der Waals surface area (Å²) in [6.07, 6.45) is 0. The Bertz CT molecular complexity index is 424. The summed E-state index contributed by atoms with van der Waals surface area (Å²) in [5, 5.41) is 10.9. The van der Waals surface area contributed by atoms with E-state index in [1.165, 1.54) is 18.2 Å². The highest BCUT2D eigenvalue weighted by atomic mass is 35.5. The number of ether oxygens (including phenoxy) is 1. The zero-order valence-electron chi connectivity index (χ0n) is 7.97. The van der Waals surface area contributed by atoms with E-state index in [0.717, 1.165) is 0 Å². The topological polar surface area (TPSA) is 107 Å². The van der Waals surface area contributed by atoms with Crippen LogP contribution in [-0.4, -0.2) is 17.4 Å². The van der Waals surface area contributed by atoms with Crippen molar-refractivity contribution >= 4 is 23.2 Å². The van der Waals surface area contributed by atoms with E-state index in [-0.39, 0.29) is 16.5 Å². The Morgan fingerprint density at radius 3 is 2.88 bits per heavy atom. The second kappa shape index (κ2) is 5.29. The molecule has 0 heterocycles. The molecule has 0 fully saturated rings. The number of carbonyl (C=O) groups is 1. The van der Waals surface area contributed by atoms with E-state index in [1.807, 2.05) is 5.43 Å². The standard InChI is InChI=1S/C8H8ClN3O4/c9-5-1-2-6(12(14)15)7(3-5)16-4-8(13)11-10/h1-3H,4,10H2,(H,11,13). The van der Waals surface area contributed by atoms with Crippen molar-refractivity contribution in [1.29, 1.82) is 0 Å². The van der Waals surface area contributed by atoms with Crippen molar-refractivity contribution in [2.45, 2.75) is 0 Å². The summed E-state index contributed by atoms with van der Waals surface area (Å²) in [5.41, 5.74) is 1.56. The van der Waals surface area contributed by atoms with E-state index in [9.17, 15) is 14.9 Å².